The first-order chi connectivity index (χ1) is 10.1. The Morgan fingerprint density at radius 3 is 1.76 bits per heavy atom. The van der Waals surface area contributed by atoms with Gasteiger partial charge in [-0.2, -0.15) is 0 Å². The van der Waals surface area contributed by atoms with Gasteiger partial charge in [0.25, 0.3) is 0 Å². The van der Waals surface area contributed by atoms with E-state index in [1.807, 2.05) is 43.3 Å². The largest absolute Gasteiger partial charge is 0.481 e. The van der Waals surface area contributed by atoms with Gasteiger partial charge in [0, 0.05) is 0 Å². The quantitative estimate of drug-likeness (QED) is 0.868. The molecule has 0 aliphatic carbocycles. The SMILES string of the molecule is CCc1ccc(CC(Cc2ccc(C)cc2)C(=O)O)cc1. The lowest BCUT2D eigenvalue weighted by molar-refractivity contribution is -0.141. The van der Waals surface area contributed by atoms with Crippen LogP contribution in [0.25, 0.3) is 0 Å². The van der Waals surface area contributed by atoms with Gasteiger partial charge in [-0.15, -0.1) is 0 Å². The number of carboxylic acids is 1. The summed E-state index contributed by atoms with van der Waals surface area (Å²) in [5.41, 5.74) is 4.65. The second-order valence-electron chi connectivity index (χ2n) is 5.60. The van der Waals surface area contributed by atoms with Crippen LogP contribution < -0.4 is 0 Å². The van der Waals surface area contributed by atoms with E-state index in [-0.39, 0.29) is 5.92 Å². The van der Waals surface area contributed by atoms with Crippen molar-refractivity contribution in [1.82, 2.24) is 0 Å². The molecule has 0 fully saturated rings. The standard InChI is InChI=1S/C19H22O2/c1-3-15-8-10-17(11-9-15)13-18(19(20)21)12-16-6-4-14(2)5-7-16/h4-11,18H,3,12-13H2,1-2H3,(H,20,21). The molecule has 2 heteroatoms. The maximum Gasteiger partial charge on any atom is 0.307 e. The highest BCUT2D eigenvalue weighted by atomic mass is 16.4. The fourth-order valence-electron chi connectivity index (χ4n) is 2.45. The van der Waals surface area contributed by atoms with Crippen LogP contribution in [0.4, 0.5) is 0 Å². The maximum absolute atomic E-state index is 11.5. The Kier molecular flexibility index (Phi) is 5.15. The van der Waals surface area contributed by atoms with Crippen molar-refractivity contribution in [1.29, 1.82) is 0 Å². The third kappa shape index (κ3) is 4.45. The Morgan fingerprint density at radius 1 is 0.905 bits per heavy atom. The summed E-state index contributed by atoms with van der Waals surface area (Å²) in [6, 6.07) is 16.4. The molecular formula is C19H22O2. The zero-order valence-corrected chi connectivity index (χ0v) is 12.7. The van der Waals surface area contributed by atoms with Crippen molar-refractivity contribution in [3.8, 4) is 0 Å². The van der Waals surface area contributed by atoms with Gasteiger partial charge in [-0.3, -0.25) is 4.79 Å². The zero-order valence-electron chi connectivity index (χ0n) is 12.7. The van der Waals surface area contributed by atoms with E-state index in [2.05, 4.69) is 19.1 Å². The number of carbonyl (C=O) groups is 1. The molecule has 0 saturated carbocycles. The first-order valence-electron chi connectivity index (χ1n) is 7.44. The zero-order chi connectivity index (χ0) is 15.2. The van der Waals surface area contributed by atoms with Crippen LogP contribution in [0.1, 0.15) is 29.2 Å². The van der Waals surface area contributed by atoms with E-state index in [1.165, 1.54) is 11.1 Å². The first-order valence-corrected chi connectivity index (χ1v) is 7.44. The van der Waals surface area contributed by atoms with Crippen molar-refractivity contribution in [3.05, 3.63) is 70.8 Å². The summed E-state index contributed by atoms with van der Waals surface area (Å²) in [6.45, 7) is 4.15. The predicted octanol–water partition coefficient (Wildman–Crippen LogP) is 4.04. The van der Waals surface area contributed by atoms with Crippen LogP contribution in [0.5, 0.6) is 0 Å². The monoisotopic (exact) mass is 282 g/mol. The van der Waals surface area contributed by atoms with Gasteiger partial charge in [-0.05, 0) is 42.9 Å². The van der Waals surface area contributed by atoms with Gasteiger partial charge in [0.05, 0.1) is 5.92 Å². The Hall–Kier alpha value is -2.09. The fraction of sp³-hybridized carbons (Fsp3) is 0.316. The highest BCUT2D eigenvalue weighted by Crippen LogP contribution is 2.17. The third-order valence-electron chi connectivity index (χ3n) is 3.87. The molecule has 0 spiro atoms. The lowest BCUT2D eigenvalue weighted by Gasteiger charge is -2.13. The minimum absolute atomic E-state index is 0.375. The Bertz CT molecular complexity index is 582. The molecule has 0 heterocycles. The minimum atomic E-state index is -0.727. The molecule has 1 atom stereocenters. The van der Waals surface area contributed by atoms with Gasteiger partial charge in [0.2, 0.25) is 0 Å². The average Bonchev–Trinajstić information content (AvgIpc) is 2.49. The molecule has 2 nitrogen and oxygen atoms in total. The van der Waals surface area contributed by atoms with Crippen LogP contribution in [0.2, 0.25) is 0 Å². The topological polar surface area (TPSA) is 37.3 Å². The lowest BCUT2D eigenvalue weighted by atomic mass is 9.92. The van der Waals surface area contributed by atoms with E-state index >= 15 is 0 Å². The van der Waals surface area contributed by atoms with Crippen molar-refractivity contribution in [3.63, 3.8) is 0 Å². The molecule has 1 N–H and O–H groups in total. The number of benzene rings is 2. The minimum Gasteiger partial charge on any atom is -0.481 e. The summed E-state index contributed by atoms with van der Waals surface area (Å²) in [4.78, 5) is 11.5. The van der Waals surface area contributed by atoms with E-state index < -0.39 is 5.97 Å². The van der Waals surface area contributed by atoms with Crippen LogP contribution >= 0.6 is 0 Å². The Balaban J connectivity index is 2.07. The van der Waals surface area contributed by atoms with E-state index in [1.54, 1.807) is 0 Å². The average molecular weight is 282 g/mol. The van der Waals surface area contributed by atoms with E-state index in [0.717, 1.165) is 17.5 Å². The highest BCUT2D eigenvalue weighted by Gasteiger charge is 2.18. The van der Waals surface area contributed by atoms with Crippen LogP contribution in [0, 0.1) is 12.8 Å². The molecule has 0 aliphatic heterocycles. The summed E-state index contributed by atoms with van der Waals surface area (Å²) >= 11 is 0. The van der Waals surface area contributed by atoms with Crippen molar-refractivity contribution < 1.29 is 9.90 Å². The molecule has 110 valence electrons. The number of hydrogen-bond acceptors (Lipinski definition) is 1. The normalized spacial score (nSPS) is 12.1. The molecule has 0 amide bonds. The predicted molar refractivity (Wildman–Crippen MR) is 85.5 cm³/mol. The molecule has 0 saturated heterocycles. The highest BCUT2D eigenvalue weighted by molar-refractivity contribution is 5.70. The van der Waals surface area contributed by atoms with E-state index in [0.29, 0.717) is 12.8 Å². The summed E-state index contributed by atoms with van der Waals surface area (Å²) in [7, 11) is 0. The summed E-state index contributed by atoms with van der Waals surface area (Å²) in [5.74, 6) is -1.10. The Morgan fingerprint density at radius 2 is 1.33 bits per heavy atom. The molecule has 2 aromatic rings. The second-order valence-corrected chi connectivity index (χ2v) is 5.60. The second kappa shape index (κ2) is 7.07. The van der Waals surface area contributed by atoms with Crippen molar-refractivity contribution in [2.24, 2.45) is 5.92 Å². The van der Waals surface area contributed by atoms with Crippen molar-refractivity contribution in [2.45, 2.75) is 33.1 Å². The van der Waals surface area contributed by atoms with Crippen LogP contribution in [0.15, 0.2) is 48.5 Å². The van der Waals surface area contributed by atoms with Gasteiger partial charge < -0.3 is 5.11 Å². The summed E-state index contributed by atoms with van der Waals surface area (Å²) in [5, 5.41) is 9.45. The lowest BCUT2D eigenvalue weighted by Crippen LogP contribution is -2.19. The molecule has 21 heavy (non-hydrogen) atoms. The van der Waals surface area contributed by atoms with Gasteiger partial charge >= 0.3 is 5.97 Å². The number of aliphatic carboxylic acids is 1. The van der Waals surface area contributed by atoms with Gasteiger partial charge in [0.15, 0.2) is 0 Å². The molecular weight excluding hydrogens is 260 g/mol. The molecule has 0 radical (unpaired) electrons. The van der Waals surface area contributed by atoms with Gasteiger partial charge in [-0.1, -0.05) is 61.0 Å². The number of aryl methyl sites for hydroxylation is 2. The maximum atomic E-state index is 11.5. The molecule has 0 aromatic heterocycles. The van der Waals surface area contributed by atoms with Crippen molar-refractivity contribution >= 4 is 5.97 Å². The third-order valence-corrected chi connectivity index (χ3v) is 3.87. The smallest absolute Gasteiger partial charge is 0.307 e. The number of rotatable bonds is 6. The number of carboxylic acid groups (broad SMARTS) is 1. The van der Waals surface area contributed by atoms with Crippen LogP contribution in [-0.4, -0.2) is 11.1 Å². The first kappa shape index (κ1) is 15.3. The molecule has 1 unspecified atom stereocenters. The molecule has 2 aromatic carbocycles. The van der Waals surface area contributed by atoms with E-state index in [4.69, 9.17) is 0 Å². The summed E-state index contributed by atoms with van der Waals surface area (Å²) < 4.78 is 0. The van der Waals surface area contributed by atoms with Crippen molar-refractivity contribution in [2.75, 3.05) is 0 Å². The van der Waals surface area contributed by atoms with Gasteiger partial charge in [-0.25, -0.2) is 0 Å². The van der Waals surface area contributed by atoms with Crippen LogP contribution in [0.3, 0.4) is 0 Å². The molecule has 0 aliphatic rings. The molecule has 2 rings (SSSR count). The fourth-order valence-corrected chi connectivity index (χ4v) is 2.45. The number of hydrogen-bond donors (Lipinski definition) is 1. The Labute approximate surface area is 126 Å². The summed E-state index contributed by atoms with van der Waals surface area (Å²) in [6.07, 6.45) is 2.16. The van der Waals surface area contributed by atoms with Gasteiger partial charge in [0.1, 0.15) is 0 Å². The van der Waals surface area contributed by atoms with Crippen LogP contribution in [-0.2, 0) is 24.1 Å². The van der Waals surface area contributed by atoms with E-state index in [9.17, 15) is 9.90 Å². The molecule has 0 bridgehead atoms.